The average molecular weight is 478 g/mol. The van der Waals surface area contributed by atoms with Crippen LogP contribution >= 0.6 is 0 Å². The number of methoxy groups -OCH3 is 2. The minimum Gasteiger partial charge on any atom is -0.493 e. The highest BCUT2D eigenvalue weighted by Crippen LogP contribution is 2.41. The molecule has 3 aromatic carbocycles. The van der Waals surface area contributed by atoms with Crippen LogP contribution in [0.3, 0.4) is 0 Å². The largest absolute Gasteiger partial charge is 0.493 e. The first-order valence-corrected chi connectivity index (χ1v) is 11.3. The standard InChI is InChI=1S/C27H28FN3O4/c1-17(26(32)30-22-12-8-7-11-21(22)28)29-27(33)31-14-13-19-15-23(34-2)24(35-3)16-20(19)25(31)18-9-5-4-6-10-18/h4-12,15-17,25H,13-14H2,1-3H3,(H,29,33)(H,30,32)/t17-,25+/m0/s1. The van der Waals surface area contributed by atoms with Crippen LogP contribution in [-0.4, -0.2) is 43.6 Å². The summed E-state index contributed by atoms with van der Waals surface area (Å²) >= 11 is 0. The van der Waals surface area contributed by atoms with Crippen LogP contribution in [0.4, 0.5) is 14.9 Å². The second-order valence-corrected chi connectivity index (χ2v) is 8.30. The van der Waals surface area contributed by atoms with Gasteiger partial charge in [0.2, 0.25) is 5.91 Å². The fourth-order valence-electron chi connectivity index (χ4n) is 4.30. The first-order chi connectivity index (χ1) is 16.9. The summed E-state index contributed by atoms with van der Waals surface area (Å²) in [7, 11) is 3.17. The summed E-state index contributed by atoms with van der Waals surface area (Å²) in [5, 5.41) is 5.29. The van der Waals surface area contributed by atoms with E-state index in [1.807, 2.05) is 42.5 Å². The number of fused-ring (bicyclic) bond motifs is 1. The van der Waals surface area contributed by atoms with Gasteiger partial charge in [0.25, 0.3) is 0 Å². The highest BCUT2D eigenvalue weighted by atomic mass is 19.1. The van der Waals surface area contributed by atoms with Crippen LogP contribution in [0, 0.1) is 5.82 Å². The van der Waals surface area contributed by atoms with Crippen LogP contribution in [-0.2, 0) is 11.2 Å². The Morgan fingerprint density at radius 1 is 1.00 bits per heavy atom. The molecule has 0 fully saturated rings. The second-order valence-electron chi connectivity index (χ2n) is 8.30. The molecule has 0 saturated carbocycles. The molecule has 35 heavy (non-hydrogen) atoms. The molecular formula is C27H28FN3O4. The molecule has 8 heteroatoms. The molecule has 0 spiro atoms. The quantitative estimate of drug-likeness (QED) is 0.547. The minimum absolute atomic E-state index is 0.0636. The molecule has 1 aliphatic rings. The van der Waals surface area contributed by atoms with Gasteiger partial charge in [-0.05, 0) is 54.3 Å². The van der Waals surface area contributed by atoms with Gasteiger partial charge in [-0.1, -0.05) is 42.5 Å². The number of halogens is 1. The van der Waals surface area contributed by atoms with Crippen molar-refractivity contribution in [3.8, 4) is 11.5 Å². The van der Waals surface area contributed by atoms with E-state index in [4.69, 9.17) is 9.47 Å². The molecule has 0 radical (unpaired) electrons. The first-order valence-electron chi connectivity index (χ1n) is 11.3. The third-order valence-electron chi connectivity index (χ3n) is 6.11. The molecule has 0 aliphatic carbocycles. The lowest BCUT2D eigenvalue weighted by Crippen LogP contribution is -2.51. The smallest absolute Gasteiger partial charge is 0.318 e. The number of para-hydroxylation sites is 1. The van der Waals surface area contributed by atoms with Gasteiger partial charge < -0.3 is 25.0 Å². The SMILES string of the molecule is COc1cc2c(cc1OC)[C@@H](c1ccccc1)N(C(=O)N[C@@H](C)C(=O)Nc1ccccc1F)CC2. The maximum Gasteiger partial charge on any atom is 0.318 e. The van der Waals surface area contributed by atoms with E-state index in [0.29, 0.717) is 24.5 Å². The number of nitrogens with zero attached hydrogens (tertiary/aromatic N) is 1. The molecule has 4 rings (SSSR count). The van der Waals surface area contributed by atoms with Gasteiger partial charge in [0.15, 0.2) is 11.5 Å². The van der Waals surface area contributed by atoms with Crippen molar-refractivity contribution in [2.45, 2.75) is 25.4 Å². The number of hydrogen-bond donors (Lipinski definition) is 2. The van der Waals surface area contributed by atoms with Crippen LogP contribution in [0.15, 0.2) is 66.7 Å². The van der Waals surface area contributed by atoms with Crippen LogP contribution in [0.1, 0.15) is 29.7 Å². The van der Waals surface area contributed by atoms with Crippen LogP contribution in [0.25, 0.3) is 0 Å². The molecule has 0 bridgehead atoms. The number of carbonyl (C=O) groups excluding carboxylic acids is 2. The van der Waals surface area contributed by atoms with E-state index in [2.05, 4.69) is 10.6 Å². The lowest BCUT2D eigenvalue weighted by molar-refractivity contribution is -0.117. The van der Waals surface area contributed by atoms with E-state index < -0.39 is 23.8 Å². The Kier molecular flexibility index (Phi) is 7.19. The van der Waals surface area contributed by atoms with Crippen molar-refractivity contribution in [2.75, 3.05) is 26.1 Å². The van der Waals surface area contributed by atoms with Crippen LogP contribution in [0.2, 0.25) is 0 Å². The number of rotatable bonds is 6. The minimum atomic E-state index is -0.884. The lowest BCUT2D eigenvalue weighted by Gasteiger charge is -2.38. The molecule has 3 aromatic rings. The second kappa shape index (κ2) is 10.5. The summed E-state index contributed by atoms with van der Waals surface area (Å²) in [6.45, 7) is 2.01. The molecule has 2 N–H and O–H groups in total. The number of ether oxygens (including phenoxy) is 2. The predicted molar refractivity (Wildman–Crippen MR) is 131 cm³/mol. The van der Waals surface area contributed by atoms with E-state index in [-0.39, 0.29) is 11.7 Å². The van der Waals surface area contributed by atoms with Crippen LogP contribution in [0.5, 0.6) is 11.5 Å². The van der Waals surface area contributed by atoms with Crippen molar-refractivity contribution in [3.63, 3.8) is 0 Å². The van der Waals surface area contributed by atoms with Gasteiger partial charge in [-0.15, -0.1) is 0 Å². The number of nitrogens with one attached hydrogen (secondary N) is 2. The van der Waals surface area contributed by atoms with Crippen molar-refractivity contribution < 1.29 is 23.5 Å². The number of benzene rings is 3. The van der Waals surface area contributed by atoms with E-state index in [1.165, 1.54) is 12.1 Å². The molecule has 0 unspecified atom stereocenters. The fraction of sp³-hybridized carbons (Fsp3) is 0.259. The normalized spacial score (nSPS) is 15.5. The Labute approximate surface area is 203 Å². The van der Waals surface area contributed by atoms with Gasteiger partial charge >= 0.3 is 6.03 Å². The molecule has 0 aromatic heterocycles. The number of amides is 3. The Morgan fingerprint density at radius 2 is 1.66 bits per heavy atom. The molecule has 7 nitrogen and oxygen atoms in total. The fourth-order valence-corrected chi connectivity index (χ4v) is 4.30. The number of urea groups is 1. The third kappa shape index (κ3) is 5.06. The summed E-state index contributed by atoms with van der Waals surface area (Å²) in [5.41, 5.74) is 2.98. The van der Waals surface area contributed by atoms with Gasteiger partial charge in [0, 0.05) is 6.54 Å². The van der Waals surface area contributed by atoms with Crippen molar-refractivity contribution in [2.24, 2.45) is 0 Å². The van der Waals surface area contributed by atoms with Crippen LogP contribution < -0.4 is 20.1 Å². The van der Waals surface area contributed by atoms with E-state index in [9.17, 15) is 14.0 Å². The molecule has 182 valence electrons. The zero-order chi connectivity index (χ0) is 24.9. The molecule has 0 saturated heterocycles. The zero-order valence-electron chi connectivity index (χ0n) is 19.9. The topological polar surface area (TPSA) is 79.9 Å². The maximum absolute atomic E-state index is 13.9. The van der Waals surface area contributed by atoms with Crippen molar-refractivity contribution >= 4 is 17.6 Å². The first kappa shape index (κ1) is 24.1. The van der Waals surface area contributed by atoms with Crippen molar-refractivity contribution in [1.29, 1.82) is 0 Å². The van der Waals surface area contributed by atoms with Gasteiger partial charge in [-0.2, -0.15) is 0 Å². The molecular weight excluding hydrogens is 449 g/mol. The van der Waals surface area contributed by atoms with Gasteiger partial charge in [-0.25, -0.2) is 9.18 Å². The monoisotopic (exact) mass is 477 g/mol. The third-order valence-corrected chi connectivity index (χ3v) is 6.11. The Bertz CT molecular complexity index is 1220. The molecule has 2 atom stereocenters. The highest BCUT2D eigenvalue weighted by Gasteiger charge is 2.34. The molecule has 1 aliphatic heterocycles. The summed E-state index contributed by atoms with van der Waals surface area (Å²) in [5.74, 6) is 0.158. The zero-order valence-corrected chi connectivity index (χ0v) is 19.9. The summed E-state index contributed by atoms with van der Waals surface area (Å²) in [6.07, 6.45) is 0.613. The van der Waals surface area contributed by atoms with E-state index in [1.54, 1.807) is 38.2 Å². The van der Waals surface area contributed by atoms with Gasteiger partial charge in [0.05, 0.1) is 25.9 Å². The predicted octanol–water partition coefficient (Wildman–Crippen LogP) is 4.53. The number of anilines is 1. The van der Waals surface area contributed by atoms with Crippen molar-refractivity contribution in [3.05, 3.63) is 89.2 Å². The highest BCUT2D eigenvalue weighted by molar-refractivity contribution is 5.96. The lowest BCUT2D eigenvalue weighted by atomic mass is 9.88. The summed E-state index contributed by atoms with van der Waals surface area (Å²) in [6, 6.07) is 17.8. The summed E-state index contributed by atoms with van der Waals surface area (Å²) in [4.78, 5) is 27.8. The Morgan fingerprint density at radius 3 is 2.34 bits per heavy atom. The van der Waals surface area contributed by atoms with Gasteiger partial charge in [0.1, 0.15) is 11.9 Å². The Balaban J connectivity index is 1.60. The van der Waals surface area contributed by atoms with E-state index >= 15 is 0 Å². The Hall–Kier alpha value is -4.07. The number of carbonyl (C=O) groups is 2. The average Bonchev–Trinajstić information content (AvgIpc) is 2.88. The maximum atomic E-state index is 13.9. The van der Waals surface area contributed by atoms with Crippen molar-refractivity contribution in [1.82, 2.24) is 10.2 Å². The number of hydrogen-bond acceptors (Lipinski definition) is 4. The summed E-state index contributed by atoms with van der Waals surface area (Å²) < 4.78 is 24.9. The van der Waals surface area contributed by atoms with E-state index in [0.717, 1.165) is 16.7 Å². The molecule has 1 heterocycles. The molecule has 3 amide bonds. The van der Waals surface area contributed by atoms with Gasteiger partial charge in [-0.3, -0.25) is 4.79 Å².